The first-order valence-corrected chi connectivity index (χ1v) is 8.20. The molecule has 0 aliphatic heterocycles. The van der Waals surface area contributed by atoms with Gasteiger partial charge in [0, 0.05) is 12.1 Å². The van der Waals surface area contributed by atoms with E-state index in [4.69, 9.17) is 4.74 Å². The molecule has 2 N–H and O–H groups in total. The Kier molecular flexibility index (Phi) is 5.15. The van der Waals surface area contributed by atoms with Gasteiger partial charge in [0.15, 0.2) is 0 Å². The molecule has 0 spiro atoms. The van der Waals surface area contributed by atoms with Crippen molar-refractivity contribution in [3.8, 4) is 0 Å². The van der Waals surface area contributed by atoms with Gasteiger partial charge in [-0.15, -0.1) is 0 Å². The minimum Gasteiger partial charge on any atom is -0.443 e. The van der Waals surface area contributed by atoms with Crippen molar-refractivity contribution in [2.75, 3.05) is 0 Å². The van der Waals surface area contributed by atoms with Crippen molar-refractivity contribution >= 4 is 6.09 Å². The van der Waals surface area contributed by atoms with Crippen LogP contribution in [0.1, 0.15) is 65.7 Å². The zero-order chi connectivity index (χ0) is 15.6. The monoisotopic (exact) mass is 299 g/mol. The van der Waals surface area contributed by atoms with Gasteiger partial charge in [-0.25, -0.2) is 4.79 Å². The summed E-state index contributed by atoms with van der Waals surface area (Å²) in [5.74, 6) is 0. The molecule has 2 aliphatic rings. The molecule has 0 saturated heterocycles. The molecule has 2 rings (SSSR count). The molecule has 21 heavy (non-hydrogen) atoms. The van der Waals surface area contributed by atoms with E-state index in [0.29, 0.717) is 12.8 Å². The van der Waals surface area contributed by atoms with Gasteiger partial charge >= 0.3 is 6.09 Å². The van der Waals surface area contributed by atoms with Gasteiger partial charge in [-0.3, -0.25) is 0 Å². The summed E-state index contributed by atoms with van der Waals surface area (Å²) in [5.41, 5.74) is -0.482. The Labute approximate surface area is 127 Å². The number of rotatable bonds is 4. The van der Waals surface area contributed by atoms with E-state index in [1.807, 2.05) is 25.7 Å². The molecular formula is C16H29NO4. The molecule has 4 atom stereocenters. The summed E-state index contributed by atoms with van der Waals surface area (Å²) in [6, 6.07) is 0.0749. The molecule has 0 heterocycles. The van der Waals surface area contributed by atoms with E-state index in [9.17, 15) is 15.0 Å². The molecular weight excluding hydrogens is 270 g/mol. The smallest absolute Gasteiger partial charge is 0.410 e. The number of carbonyl (C=O) groups excluding carboxylic acids is 1. The van der Waals surface area contributed by atoms with E-state index < -0.39 is 5.60 Å². The van der Waals surface area contributed by atoms with Crippen LogP contribution in [0.4, 0.5) is 4.79 Å². The molecule has 0 bridgehead atoms. The van der Waals surface area contributed by atoms with Crippen LogP contribution in [-0.2, 0) is 4.74 Å². The summed E-state index contributed by atoms with van der Waals surface area (Å²) in [5, 5.41) is 19.6. The maximum Gasteiger partial charge on any atom is 0.410 e. The number of ether oxygens (including phenoxy) is 1. The Balaban J connectivity index is 2.09. The number of hydrogen-bond donors (Lipinski definition) is 2. The van der Waals surface area contributed by atoms with Crippen LogP contribution in [0, 0.1) is 0 Å². The van der Waals surface area contributed by atoms with E-state index in [1.54, 1.807) is 0 Å². The second-order valence-corrected chi connectivity index (χ2v) is 7.13. The highest BCUT2D eigenvalue weighted by Gasteiger charge is 2.40. The maximum atomic E-state index is 12.6. The Morgan fingerprint density at radius 1 is 1.10 bits per heavy atom. The lowest BCUT2D eigenvalue weighted by molar-refractivity contribution is -0.00747. The fourth-order valence-electron chi connectivity index (χ4n) is 3.33. The molecule has 0 aromatic carbocycles. The Morgan fingerprint density at radius 2 is 1.57 bits per heavy atom. The first-order valence-electron chi connectivity index (χ1n) is 8.20. The molecule has 2 fully saturated rings. The molecule has 0 radical (unpaired) electrons. The molecule has 0 aromatic rings. The Hall–Kier alpha value is -0.810. The van der Waals surface area contributed by atoms with Crippen molar-refractivity contribution < 1.29 is 19.7 Å². The minimum atomic E-state index is -0.482. The predicted octanol–water partition coefficient (Wildman–Crippen LogP) is 2.44. The molecule has 1 amide bonds. The normalized spacial score (nSPS) is 33.2. The highest BCUT2D eigenvalue weighted by atomic mass is 16.6. The number of nitrogens with zero attached hydrogens (tertiary/aromatic N) is 1. The SMILES string of the molecule is CCC(C)(C)OC(=O)N(C1CCC(O)C1)C1CCC(O)C1. The molecule has 122 valence electrons. The zero-order valence-corrected chi connectivity index (χ0v) is 13.4. The lowest BCUT2D eigenvalue weighted by atomic mass is 10.1. The fraction of sp³-hybridized carbons (Fsp3) is 0.938. The maximum absolute atomic E-state index is 12.6. The van der Waals surface area contributed by atoms with E-state index in [0.717, 1.165) is 32.1 Å². The van der Waals surface area contributed by atoms with Crippen LogP contribution in [0.5, 0.6) is 0 Å². The molecule has 5 nitrogen and oxygen atoms in total. The Bertz CT molecular complexity index is 351. The third-order valence-electron chi connectivity index (χ3n) is 4.97. The number of aliphatic hydroxyl groups is 2. The summed E-state index contributed by atoms with van der Waals surface area (Å²) in [6.45, 7) is 5.82. The van der Waals surface area contributed by atoms with E-state index in [1.165, 1.54) is 0 Å². The number of hydrogen-bond acceptors (Lipinski definition) is 4. The largest absolute Gasteiger partial charge is 0.443 e. The van der Waals surface area contributed by atoms with Gasteiger partial charge in [0.25, 0.3) is 0 Å². The molecule has 4 unspecified atom stereocenters. The highest BCUT2D eigenvalue weighted by molar-refractivity contribution is 5.69. The summed E-state index contributed by atoms with van der Waals surface area (Å²) in [6.07, 6.45) is 4.16. The van der Waals surface area contributed by atoms with Crippen LogP contribution in [0.3, 0.4) is 0 Å². The summed E-state index contributed by atoms with van der Waals surface area (Å²) < 4.78 is 5.67. The Morgan fingerprint density at radius 3 is 1.90 bits per heavy atom. The van der Waals surface area contributed by atoms with Crippen molar-refractivity contribution in [3.63, 3.8) is 0 Å². The first kappa shape index (κ1) is 16.6. The van der Waals surface area contributed by atoms with Gasteiger partial charge in [0.2, 0.25) is 0 Å². The summed E-state index contributed by atoms with van der Waals surface area (Å²) in [4.78, 5) is 14.5. The van der Waals surface area contributed by atoms with Gasteiger partial charge < -0.3 is 19.8 Å². The van der Waals surface area contributed by atoms with E-state index in [-0.39, 0.29) is 30.4 Å². The van der Waals surface area contributed by atoms with Crippen molar-refractivity contribution in [2.24, 2.45) is 0 Å². The lowest BCUT2D eigenvalue weighted by Crippen LogP contribution is -2.48. The van der Waals surface area contributed by atoms with Gasteiger partial charge in [-0.1, -0.05) is 6.92 Å². The fourth-order valence-corrected chi connectivity index (χ4v) is 3.33. The van der Waals surface area contributed by atoms with Crippen molar-refractivity contribution in [1.82, 2.24) is 4.90 Å². The molecule has 5 heteroatoms. The third kappa shape index (κ3) is 4.10. The molecule has 0 aromatic heterocycles. The van der Waals surface area contributed by atoms with Crippen LogP contribution in [0.15, 0.2) is 0 Å². The zero-order valence-electron chi connectivity index (χ0n) is 13.4. The molecule has 2 aliphatic carbocycles. The standard InChI is InChI=1S/C16H29NO4/c1-4-16(2,3)21-15(20)17(11-5-7-13(18)9-11)12-6-8-14(19)10-12/h11-14,18-19H,4-10H2,1-3H3. The van der Waals surface area contributed by atoms with Crippen LogP contribution in [-0.4, -0.2) is 51.1 Å². The predicted molar refractivity (Wildman–Crippen MR) is 80.0 cm³/mol. The van der Waals surface area contributed by atoms with Crippen LogP contribution >= 0.6 is 0 Å². The second kappa shape index (κ2) is 6.53. The van der Waals surface area contributed by atoms with Crippen molar-refractivity contribution in [2.45, 2.75) is 95.6 Å². The lowest BCUT2D eigenvalue weighted by Gasteiger charge is -2.36. The molecule has 2 saturated carbocycles. The van der Waals surface area contributed by atoms with Crippen LogP contribution < -0.4 is 0 Å². The van der Waals surface area contributed by atoms with Gasteiger partial charge in [-0.05, 0) is 58.8 Å². The number of carbonyl (C=O) groups is 1. The van der Waals surface area contributed by atoms with Gasteiger partial charge in [0.05, 0.1) is 12.2 Å². The van der Waals surface area contributed by atoms with Crippen molar-refractivity contribution in [3.05, 3.63) is 0 Å². The number of aliphatic hydroxyl groups excluding tert-OH is 2. The van der Waals surface area contributed by atoms with Gasteiger partial charge in [0.1, 0.15) is 5.60 Å². The topological polar surface area (TPSA) is 70.0 Å². The minimum absolute atomic E-state index is 0.0375. The second-order valence-electron chi connectivity index (χ2n) is 7.13. The highest BCUT2D eigenvalue weighted by Crippen LogP contribution is 2.33. The average molecular weight is 299 g/mol. The first-order chi connectivity index (χ1) is 9.82. The van der Waals surface area contributed by atoms with E-state index in [2.05, 4.69) is 0 Å². The number of amides is 1. The van der Waals surface area contributed by atoms with Crippen LogP contribution in [0.25, 0.3) is 0 Å². The van der Waals surface area contributed by atoms with Gasteiger partial charge in [-0.2, -0.15) is 0 Å². The van der Waals surface area contributed by atoms with Crippen LogP contribution in [0.2, 0.25) is 0 Å². The van der Waals surface area contributed by atoms with Crippen molar-refractivity contribution in [1.29, 1.82) is 0 Å². The third-order valence-corrected chi connectivity index (χ3v) is 4.97. The quantitative estimate of drug-likeness (QED) is 0.836. The summed E-state index contributed by atoms with van der Waals surface area (Å²) in [7, 11) is 0. The summed E-state index contributed by atoms with van der Waals surface area (Å²) >= 11 is 0. The average Bonchev–Trinajstić information content (AvgIpc) is 2.99. The van der Waals surface area contributed by atoms with E-state index >= 15 is 0 Å².